The molecule has 0 radical (unpaired) electrons. The van der Waals surface area contributed by atoms with E-state index in [2.05, 4.69) is 17.2 Å². The number of nitrogens with one attached hydrogen (secondary N) is 2. The van der Waals surface area contributed by atoms with Gasteiger partial charge in [-0.2, -0.15) is 0 Å². The van der Waals surface area contributed by atoms with Crippen molar-refractivity contribution in [1.29, 1.82) is 0 Å². The summed E-state index contributed by atoms with van der Waals surface area (Å²) in [5, 5.41) is 11.2. The molecule has 0 fully saturated rings. The number of hydrogen-bond acceptors (Lipinski definition) is 4. The summed E-state index contributed by atoms with van der Waals surface area (Å²) in [6, 6.07) is 10.8. The number of benzene rings is 2. The molecular weight excluding hydrogens is 361 g/mol. The van der Waals surface area contributed by atoms with E-state index in [4.69, 9.17) is 10.9 Å². The fourth-order valence-electron chi connectivity index (χ4n) is 2.27. The van der Waals surface area contributed by atoms with Crippen molar-refractivity contribution in [2.24, 2.45) is 5.73 Å². The first-order chi connectivity index (χ1) is 13.4. The lowest BCUT2D eigenvalue weighted by molar-refractivity contribution is -0.131. The molecule has 7 heteroatoms. The third-order valence-corrected chi connectivity index (χ3v) is 3.80. The Morgan fingerprint density at radius 1 is 1.14 bits per heavy atom. The van der Waals surface area contributed by atoms with Crippen molar-refractivity contribution in [1.82, 2.24) is 10.8 Å². The number of hydrogen-bond donors (Lipinski definition) is 4. The number of halogens is 1. The molecule has 0 bridgehead atoms. The third-order valence-electron chi connectivity index (χ3n) is 3.80. The van der Waals surface area contributed by atoms with E-state index in [0.717, 1.165) is 5.56 Å². The first-order valence-corrected chi connectivity index (χ1v) is 8.45. The summed E-state index contributed by atoms with van der Waals surface area (Å²) < 4.78 is 12.8. The highest BCUT2D eigenvalue weighted by Crippen LogP contribution is 2.06. The fourth-order valence-corrected chi connectivity index (χ4v) is 2.27. The minimum absolute atomic E-state index is 0.295. The molecule has 144 valence electrons. The molecule has 5 N–H and O–H groups in total. The van der Waals surface area contributed by atoms with Crippen LogP contribution in [0.4, 0.5) is 4.39 Å². The number of carbonyl (C=O) groups is 2. The van der Waals surface area contributed by atoms with Crippen molar-refractivity contribution in [2.45, 2.75) is 19.0 Å². The van der Waals surface area contributed by atoms with Crippen LogP contribution in [0.5, 0.6) is 0 Å². The number of carbonyl (C=O) groups excluding carboxylic acids is 2. The summed E-state index contributed by atoms with van der Waals surface area (Å²) in [6.07, 6.45) is 3.41. The number of allylic oxidation sites excluding steroid dienone is 1. The predicted molar refractivity (Wildman–Crippen MR) is 104 cm³/mol. The zero-order valence-electron chi connectivity index (χ0n) is 15.1. The number of hydroxylamine groups is 1. The summed E-state index contributed by atoms with van der Waals surface area (Å²) in [4.78, 5) is 23.8. The van der Waals surface area contributed by atoms with E-state index >= 15 is 0 Å². The van der Waals surface area contributed by atoms with Crippen molar-refractivity contribution >= 4 is 17.9 Å². The van der Waals surface area contributed by atoms with Crippen LogP contribution >= 0.6 is 0 Å². The van der Waals surface area contributed by atoms with Gasteiger partial charge in [0.1, 0.15) is 11.9 Å². The average molecular weight is 381 g/mol. The summed E-state index contributed by atoms with van der Waals surface area (Å²) in [5.74, 6) is 4.19. The Labute approximate surface area is 162 Å². The van der Waals surface area contributed by atoms with E-state index < -0.39 is 23.9 Å². The molecular formula is C21H20FN3O3. The van der Waals surface area contributed by atoms with Crippen LogP contribution in [0.3, 0.4) is 0 Å². The Morgan fingerprint density at radius 2 is 1.79 bits per heavy atom. The Hall–Kier alpha value is -3.47. The number of amides is 2. The summed E-state index contributed by atoms with van der Waals surface area (Å²) in [6.45, 7) is 1.54. The quantitative estimate of drug-likeness (QED) is 0.360. The van der Waals surface area contributed by atoms with Crippen molar-refractivity contribution in [3.63, 3.8) is 0 Å². The summed E-state index contributed by atoms with van der Waals surface area (Å²) in [5.41, 5.74) is 8.98. The van der Waals surface area contributed by atoms with Gasteiger partial charge in [0, 0.05) is 17.2 Å². The van der Waals surface area contributed by atoms with Gasteiger partial charge in [0.05, 0.1) is 0 Å². The molecule has 2 aromatic carbocycles. The minimum atomic E-state index is -1.06. The molecule has 2 rings (SSSR count). The van der Waals surface area contributed by atoms with Crippen molar-refractivity contribution in [3.05, 3.63) is 77.1 Å². The SMILES string of the molecule is C[C@@H](N)[C@H](NC(=O)c1ccc(C#CC=Cc2ccc(F)cc2)cc1)C(=O)NO. The normalized spacial score (nSPS) is 12.6. The van der Waals surface area contributed by atoms with Crippen LogP contribution in [-0.4, -0.2) is 29.1 Å². The lowest BCUT2D eigenvalue weighted by atomic mass is 10.1. The maximum absolute atomic E-state index is 12.8. The van der Waals surface area contributed by atoms with Gasteiger partial charge in [-0.05, 0) is 61.0 Å². The highest BCUT2D eigenvalue weighted by Gasteiger charge is 2.24. The van der Waals surface area contributed by atoms with Gasteiger partial charge in [-0.3, -0.25) is 14.8 Å². The van der Waals surface area contributed by atoms with Crippen LogP contribution in [-0.2, 0) is 4.79 Å². The summed E-state index contributed by atoms with van der Waals surface area (Å²) >= 11 is 0. The molecule has 0 aliphatic heterocycles. The average Bonchev–Trinajstić information content (AvgIpc) is 2.70. The van der Waals surface area contributed by atoms with Gasteiger partial charge in [0.25, 0.3) is 11.8 Å². The molecule has 2 amide bonds. The van der Waals surface area contributed by atoms with Crippen LogP contribution in [0.2, 0.25) is 0 Å². The van der Waals surface area contributed by atoms with Crippen molar-refractivity contribution in [2.75, 3.05) is 0 Å². The molecule has 6 nitrogen and oxygen atoms in total. The smallest absolute Gasteiger partial charge is 0.267 e. The van der Waals surface area contributed by atoms with Crippen LogP contribution in [0.15, 0.2) is 54.6 Å². The van der Waals surface area contributed by atoms with Crippen molar-refractivity contribution < 1.29 is 19.2 Å². The second-order valence-electron chi connectivity index (χ2n) is 6.02. The molecule has 2 aromatic rings. The van der Waals surface area contributed by atoms with Crippen LogP contribution in [0, 0.1) is 17.7 Å². The number of rotatable bonds is 5. The minimum Gasteiger partial charge on any atom is -0.339 e. The van der Waals surface area contributed by atoms with Crippen LogP contribution in [0.25, 0.3) is 6.08 Å². The fraction of sp³-hybridized carbons (Fsp3) is 0.143. The van der Waals surface area contributed by atoms with Crippen molar-refractivity contribution in [3.8, 4) is 11.8 Å². The molecule has 0 saturated heterocycles. The van der Waals surface area contributed by atoms with Gasteiger partial charge in [-0.15, -0.1) is 0 Å². The maximum atomic E-state index is 12.8. The zero-order chi connectivity index (χ0) is 20.5. The Bertz CT molecular complexity index is 911. The van der Waals surface area contributed by atoms with E-state index in [1.165, 1.54) is 17.6 Å². The topological polar surface area (TPSA) is 104 Å². The van der Waals surface area contributed by atoms with Crippen LogP contribution in [0.1, 0.15) is 28.4 Å². The van der Waals surface area contributed by atoms with E-state index in [-0.39, 0.29) is 5.82 Å². The van der Waals surface area contributed by atoms with Gasteiger partial charge >= 0.3 is 0 Å². The van der Waals surface area contributed by atoms with Gasteiger partial charge in [0.2, 0.25) is 0 Å². The second kappa shape index (κ2) is 10.0. The molecule has 0 aromatic heterocycles. The highest BCUT2D eigenvalue weighted by atomic mass is 19.1. The standard InChI is InChI=1S/C21H20FN3O3/c1-14(23)19(21(27)25-28)24-20(26)17-10-6-15(7-11-17)4-2-3-5-16-8-12-18(22)13-9-16/h3,5-14,19,28H,23H2,1H3,(H,24,26)(H,25,27)/t14-,19+/m1/s1. The predicted octanol–water partition coefficient (Wildman–Crippen LogP) is 1.84. The molecule has 0 unspecified atom stereocenters. The van der Waals surface area contributed by atoms with Gasteiger partial charge in [-0.25, -0.2) is 9.87 Å². The molecule has 0 saturated carbocycles. The van der Waals surface area contributed by atoms with E-state index in [0.29, 0.717) is 11.1 Å². The first-order valence-electron chi connectivity index (χ1n) is 8.45. The third kappa shape index (κ3) is 6.06. The molecule has 0 heterocycles. The molecule has 0 spiro atoms. The molecule has 28 heavy (non-hydrogen) atoms. The Morgan fingerprint density at radius 3 is 2.36 bits per heavy atom. The molecule has 2 atom stereocenters. The Balaban J connectivity index is 2.00. The second-order valence-corrected chi connectivity index (χ2v) is 6.02. The van der Waals surface area contributed by atoms with Crippen LogP contribution < -0.4 is 16.5 Å². The Kier molecular flexibility index (Phi) is 7.45. The van der Waals surface area contributed by atoms with E-state index in [9.17, 15) is 14.0 Å². The van der Waals surface area contributed by atoms with Gasteiger partial charge < -0.3 is 11.1 Å². The zero-order valence-corrected chi connectivity index (χ0v) is 15.1. The van der Waals surface area contributed by atoms with Gasteiger partial charge in [-0.1, -0.05) is 24.0 Å². The summed E-state index contributed by atoms with van der Waals surface area (Å²) in [7, 11) is 0. The van der Waals surface area contributed by atoms with Gasteiger partial charge in [0.15, 0.2) is 0 Å². The highest BCUT2D eigenvalue weighted by molar-refractivity contribution is 5.97. The number of nitrogens with two attached hydrogens (primary N) is 1. The molecule has 0 aliphatic carbocycles. The first kappa shape index (κ1) is 20.8. The van der Waals surface area contributed by atoms with E-state index in [1.807, 2.05) is 0 Å². The maximum Gasteiger partial charge on any atom is 0.267 e. The monoisotopic (exact) mass is 381 g/mol. The molecule has 0 aliphatic rings. The lowest BCUT2D eigenvalue weighted by Gasteiger charge is -2.19. The largest absolute Gasteiger partial charge is 0.339 e. The van der Waals surface area contributed by atoms with E-state index in [1.54, 1.807) is 55.5 Å². The lowest BCUT2D eigenvalue weighted by Crippen LogP contribution is -2.54.